The zero-order chi connectivity index (χ0) is 21.6. The lowest BCUT2D eigenvalue weighted by molar-refractivity contribution is -0.121. The Kier molecular flexibility index (Phi) is 11.1. The third-order valence-electron chi connectivity index (χ3n) is 6.47. The number of nitrogens with one attached hydrogen (secondary N) is 2. The number of hydrogen-bond donors (Lipinski definition) is 2. The van der Waals surface area contributed by atoms with Crippen LogP contribution >= 0.6 is 24.8 Å². The van der Waals surface area contributed by atoms with E-state index in [9.17, 15) is 14.4 Å². The molecule has 2 N–H and O–H groups in total. The molecule has 186 valence electrons. The van der Waals surface area contributed by atoms with E-state index in [2.05, 4.69) is 15.5 Å². The second-order valence-corrected chi connectivity index (χ2v) is 8.68. The molecule has 0 spiro atoms. The summed E-state index contributed by atoms with van der Waals surface area (Å²) in [6, 6.07) is 3.18. The summed E-state index contributed by atoms with van der Waals surface area (Å²) < 4.78 is 8.01. The first-order valence-electron chi connectivity index (χ1n) is 11.4. The van der Waals surface area contributed by atoms with E-state index in [4.69, 9.17) is 4.74 Å². The van der Waals surface area contributed by atoms with Crippen LogP contribution in [0.4, 0.5) is 4.79 Å². The summed E-state index contributed by atoms with van der Waals surface area (Å²) in [5.41, 5.74) is 0.498. The molecular formula is C22H35Cl2N5O4. The van der Waals surface area contributed by atoms with Gasteiger partial charge in [0.2, 0.25) is 5.91 Å². The van der Waals surface area contributed by atoms with E-state index in [-0.39, 0.29) is 49.2 Å². The molecular weight excluding hydrogens is 469 g/mol. The predicted molar refractivity (Wildman–Crippen MR) is 130 cm³/mol. The Morgan fingerprint density at radius 3 is 2.33 bits per heavy atom. The van der Waals surface area contributed by atoms with Crippen molar-refractivity contribution in [3.05, 3.63) is 34.2 Å². The van der Waals surface area contributed by atoms with E-state index in [0.29, 0.717) is 30.9 Å². The number of rotatable bonds is 7. The molecule has 3 saturated heterocycles. The first-order valence-corrected chi connectivity index (χ1v) is 11.4. The molecule has 3 aliphatic rings. The van der Waals surface area contributed by atoms with Crippen LogP contribution in [0, 0.1) is 0 Å². The van der Waals surface area contributed by atoms with Gasteiger partial charge in [0.25, 0.3) is 5.56 Å². The highest BCUT2D eigenvalue weighted by Gasteiger charge is 2.25. The number of piperidine rings is 2. The van der Waals surface area contributed by atoms with E-state index < -0.39 is 6.03 Å². The fraction of sp³-hybridized carbons (Fsp3) is 0.682. The molecule has 4 heterocycles. The van der Waals surface area contributed by atoms with Crippen LogP contribution in [0.5, 0.6) is 0 Å². The number of ether oxygens (including phenoxy) is 1. The number of pyridine rings is 1. The number of nitrogens with zero attached hydrogens (tertiary/aromatic N) is 3. The number of likely N-dealkylation sites (tertiary alicyclic amines) is 1. The topological polar surface area (TPSA) is 95.9 Å². The van der Waals surface area contributed by atoms with Gasteiger partial charge in [0.15, 0.2) is 0 Å². The third kappa shape index (κ3) is 7.68. The van der Waals surface area contributed by atoms with E-state index in [1.807, 2.05) is 6.07 Å². The van der Waals surface area contributed by atoms with E-state index in [0.717, 1.165) is 58.4 Å². The lowest BCUT2D eigenvalue weighted by atomic mass is 10.1. The first kappa shape index (κ1) is 27.6. The summed E-state index contributed by atoms with van der Waals surface area (Å²) >= 11 is 0. The molecule has 0 aliphatic carbocycles. The smallest absolute Gasteiger partial charge is 0.324 e. The van der Waals surface area contributed by atoms with Gasteiger partial charge < -0.3 is 24.4 Å². The van der Waals surface area contributed by atoms with Crippen molar-refractivity contribution >= 4 is 36.8 Å². The van der Waals surface area contributed by atoms with Crippen LogP contribution < -0.4 is 16.2 Å². The Labute approximate surface area is 207 Å². The molecule has 0 radical (unpaired) electrons. The summed E-state index contributed by atoms with van der Waals surface area (Å²) in [7, 11) is 0. The number of carbonyl (C=O) groups excluding carboxylic acids is 2. The minimum atomic E-state index is -0.430. The second-order valence-electron chi connectivity index (χ2n) is 8.68. The standard InChI is InChI=1S/C22H33N5O4.2ClH/c28-20-7-13-27(22(30)24-20)16-17-2-1-10-26(21(17)29)15-14-25-11-5-19(6-12-25)31-18-3-8-23-9-4-18;;/h1-2,10,18-19,23H,3-9,11-16H2,(H,24,28,30);2*1H. The number of amides is 3. The molecule has 0 unspecified atom stereocenters. The highest BCUT2D eigenvalue weighted by atomic mass is 35.5. The Morgan fingerprint density at radius 2 is 1.64 bits per heavy atom. The number of imide groups is 1. The van der Waals surface area contributed by atoms with Gasteiger partial charge in [-0.2, -0.15) is 0 Å². The molecule has 9 nitrogen and oxygen atoms in total. The summed E-state index contributed by atoms with van der Waals surface area (Å²) in [6.07, 6.45) is 7.13. The molecule has 0 bridgehead atoms. The average Bonchev–Trinajstić information content (AvgIpc) is 2.78. The van der Waals surface area contributed by atoms with Gasteiger partial charge in [0, 0.05) is 50.9 Å². The van der Waals surface area contributed by atoms with Crippen molar-refractivity contribution in [1.82, 2.24) is 25.0 Å². The van der Waals surface area contributed by atoms with Gasteiger partial charge in [0.05, 0.1) is 18.8 Å². The second kappa shape index (κ2) is 13.3. The molecule has 3 fully saturated rings. The number of urea groups is 1. The van der Waals surface area contributed by atoms with Crippen molar-refractivity contribution < 1.29 is 14.3 Å². The van der Waals surface area contributed by atoms with Crippen LogP contribution in [0.3, 0.4) is 0 Å². The van der Waals surface area contributed by atoms with Crippen LogP contribution in [0.15, 0.2) is 23.1 Å². The quantitative estimate of drug-likeness (QED) is 0.583. The highest BCUT2D eigenvalue weighted by molar-refractivity contribution is 5.96. The zero-order valence-corrected chi connectivity index (χ0v) is 20.5. The van der Waals surface area contributed by atoms with Gasteiger partial charge in [-0.05, 0) is 44.8 Å². The lowest BCUT2D eigenvalue weighted by Gasteiger charge is -2.35. The molecule has 4 rings (SSSR count). The van der Waals surface area contributed by atoms with Crippen LogP contribution in [-0.4, -0.2) is 77.8 Å². The Hall–Kier alpha value is -1.65. The average molecular weight is 504 g/mol. The molecule has 11 heteroatoms. The predicted octanol–water partition coefficient (Wildman–Crippen LogP) is 1.37. The minimum Gasteiger partial charge on any atom is -0.375 e. The Morgan fingerprint density at radius 1 is 0.939 bits per heavy atom. The molecule has 0 aromatic carbocycles. The third-order valence-corrected chi connectivity index (χ3v) is 6.47. The van der Waals surface area contributed by atoms with Gasteiger partial charge in [-0.25, -0.2) is 4.79 Å². The maximum absolute atomic E-state index is 12.9. The lowest BCUT2D eigenvalue weighted by Crippen LogP contribution is -2.49. The van der Waals surface area contributed by atoms with Gasteiger partial charge in [0.1, 0.15) is 0 Å². The van der Waals surface area contributed by atoms with Crippen LogP contribution in [0.25, 0.3) is 0 Å². The molecule has 1 aromatic rings. The van der Waals surface area contributed by atoms with Crippen molar-refractivity contribution in [2.75, 3.05) is 39.3 Å². The van der Waals surface area contributed by atoms with Crippen molar-refractivity contribution in [3.8, 4) is 0 Å². The fourth-order valence-corrected chi connectivity index (χ4v) is 4.56. The van der Waals surface area contributed by atoms with Crippen molar-refractivity contribution in [2.45, 2.75) is 57.4 Å². The van der Waals surface area contributed by atoms with E-state index in [1.54, 1.807) is 16.8 Å². The maximum Gasteiger partial charge on any atom is 0.324 e. The van der Waals surface area contributed by atoms with Gasteiger partial charge >= 0.3 is 6.03 Å². The summed E-state index contributed by atoms with van der Waals surface area (Å²) in [5, 5.41) is 5.67. The number of hydrogen-bond acceptors (Lipinski definition) is 6. The van der Waals surface area contributed by atoms with Crippen molar-refractivity contribution in [2.24, 2.45) is 0 Å². The number of halogens is 2. The van der Waals surface area contributed by atoms with Crippen LogP contribution in [-0.2, 0) is 22.6 Å². The number of aromatic nitrogens is 1. The monoisotopic (exact) mass is 503 g/mol. The molecule has 3 amide bonds. The van der Waals surface area contributed by atoms with Crippen molar-refractivity contribution in [1.29, 1.82) is 0 Å². The molecule has 0 atom stereocenters. The van der Waals surface area contributed by atoms with Gasteiger partial charge in [-0.3, -0.25) is 14.9 Å². The molecule has 3 aliphatic heterocycles. The molecule has 1 aromatic heterocycles. The maximum atomic E-state index is 12.9. The largest absolute Gasteiger partial charge is 0.375 e. The number of carbonyl (C=O) groups is 2. The van der Waals surface area contributed by atoms with Crippen LogP contribution in [0.2, 0.25) is 0 Å². The summed E-state index contributed by atoms with van der Waals surface area (Å²) in [6.45, 7) is 6.10. The van der Waals surface area contributed by atoms with Crippen molar-refractivity contribution in [3.63, 3.8) is 0 Å². The first-order chi connectivity index (χ1) is 15.1. The van der Waals surface area contributed by atoms with Gasteiger partial charge in [-0.1, -0.05) is 6.07 Å². The van der Waals surface area contributed by atoms with Crippen LogP contribution in [0.1, 0.15) is 37.7 Å². The highest BCUT2D eigenvalue weighted by Crippen LogP contribution is 2.19. The normalized spacial score (nSPS) is 20.7. The molecule has 0 saturated carbocycles. The summed E-state index contributed by atoms with van der Waals surface area (Å²) in [4.78, 5) is 40.0. The van der Waals surface area contributed by atoms with Gasteiger partial charge in [-0.15, -0.1) is 24.8 Å². The van der Waals surface area contributed by atoms with E-state index in [1.165, 1.54) is 4.90 Å². The Bertz CT molecular complexity index is 838. The fourth-order valence-electron chi connectivity index (χ4n) is 4.56. The van der Waals surface area contributed by atoms with E-state index >= 15 is 0 Å². The Balaban J connectivity index is 0.00000193. The molecule has 33 heavy (non-hydrogen) atoms. The minimum absolute atomic E-state index is 0. The summed E-state index contributed by atoms with van der Waals surface area (Å²) in [5.74, 6) is -0.267. The zero-order valence-electron chi connectivity index (χ0n) is 18.9. The SMILES string of the molecule is Cl.Cl.O=C1CCN(Cc2cccn(CCN3CCC(OC4CCNCC4)CC3)c2=O)C(=O)N1.